The molecule has 11 rings (SSSR count). The number of carbonyl (C=O) groups excluding carboxylic acids is 3. The Morgan fingerprint density at radius 3 is 1.97 bits per heavy atom. The zero-order valence-electron chi connectivity index (χ0n) is 34.9. The Kier molecular flexibility index (Phi) is 9.33. The maximum Gasteiger partial charge on any atom is 0.264 e. The molecule has 4 heterocycles. The second kappa shape index (κ2) is 15.3. The Morgan fingerprint density at radius 2 is 1.31 bits per heavy atom. The minimum atomic E-state index is -1.99. The molecule has 1 aromatic heterocycles. The van der Waals surface area contributed by atoms with Gasteiger partial charge in [-0.25, -0.2) is 0 Å². The van der Waals surface area contributed by atoms with Crippen molar-refractivity contribution in [1.82, 2.24) is 15.0 Å². The molecule has 11 heteroatoms. The van der Waals surface area contributed by atoms with Gasteiger partial charge in [-0.05, 0) is 82.9 Å². The van der Waals surface area contributed by atoms with Gasteiger partial charge >= 0.3 is 0 Å². The van der Waals surface area contributed by atoms with Crippen molar-refractivity contribution in [3.05, 3.63) is 197 Å². The van der Waals surface area contributed by atoms with E-state index in [0.717, 1.165) is 44.0 Å². The van der Waals surface area contributed by atoms with E-state index in [1.807, 2.05) is 165 Å². The van der Waals surface area contributed by atoms with Crippen molar-refractivity contribution < 1.29 is 24.6 Å². The number of hydrogen-bond donors (Lipinski definition) is 2. The fraction of sp³-hybridized carbons (Fsp3) is 0.151. The molecule has 0 saturated heterocycles. The average molecular weight is 843 g/mol. The minimum Gasteiger partial charge on any atom is -0.395 e. The summed E-state index contributed by atoms with van der Waals surface area (Å²) in [6.45, 7) is 2.33. The summed E-state index contributed by atoms with van der Waals surface area (Å²) >= 11 is 0. The first kappa shape index (κ1) is 39.1. The lowest BCUT2D eigenvalue weighted by molar-refractivity contribution is -0.139. The topological polar surface area (TPSA) is 132 Å². The van der Waals surface area contributed by atoms with Gasteiger partial charge in [-0.2, -0.15) is 0 Å². The van der Waals surface area contributed by atoms with Crippen LogP contribution >= 0.6 is 0 Å². The van der Waals surface area contributed by atoms with Crippen molar-refractivity contribution in [3.8, 4) is 0 Å². The highest BCUT2D eigenvalue weighted by Crippen LogP contribution is 2.50. The molecule has 3 amide bonds. The summed E-state index contributed by atoms with van der Waals surface area (Å²) < 4.78 is 1.73. The number of fused-ring (bicyclic) bond motifs is 1. The zero-order valence-corrected chi connectivity index (χ0v) is 34.9. The van der Waals surface area contributed by atoms with Crippen LogP contribution in [0.25, 0.3) is 21.5 Å². The predicted molar refractivity (Wildman–Crippen MR) is 247 cm³/mol. The van der Waals surface area contributed by atoms with E-state index in [4.69, 9.17) is 0 Å². The smallest absolute Gasteiger partial charge is 0.264 e. The maximum absolute atomic E-state index is 14.9. The molecule has 0 spiro atoms. The highest BCUT2D eigenvalue weighted by Gasteiger charge is 2.53. The van der Waals surface area contributed by atoms with Gasteiger partial charge in [0.25, 0.3) is 17.7 Å². The first-order chi connectivity index (χ1) is 31.2. The van der Waals surface area contributed by atoms with Crippen LogP contribution in [0.4, 0.5) is 28.4 Å². The number of carbonyl (C=O) groups is 3. The van der Waals surface area contributed by atoms with Crippen LogP contribution < -0.4 is 14.7 Å². The number of hydrogen-bond acceptors (Lipinski definition) is 7. The van der Waals surface area contributed by atoms with Crippen molar-refractivity contribution in [2.45, 2.75) is 38.0 Å². The Morgan fingerprint density at radius 1 is 0.688 bits per heavy atom. The molecule has 0 fully saturated rings. The van der Waals surface area contributed by atoms with Gasteiger partial charge in [0.05, 0.1) is 53.0 Å². The number of aliphatic hydroxyl groups is 2. The normalized spacial score (nSPS) is 17.4. The molecule has 3 atom stereocenters. The van der Waals surface area contributed by atoms with Crippen molar-refractivity contribution in [3.63, 3.8) is 0 Å². The lowest BCUT2D eigenvalue weighted by atomic mass is 9.82. The number of benzene rings is 7. The fourth-order valence-electron chi connectivity index (χ4n) is 9.84. The number of amides is 3. The molecule has 3 aliphatic rings. The molecule has 64 heavy (non-hydrogen) atoms. The number of nitrogens with zero attached hydrogens (tertiary/aromatic N) is 6. The lowest BCUT2D eigenvalue weighted by Gasteiger charge is -2.28. The van der Waals surface area contributed by atoms with Gasteiger partial charge < -0.3 is 15.1 Å². The van der Waals surface area contributed by atoms with Gasteiger partial charge in [0.2, 0.25) is 0 Å². The van der Waals surface area contributed by atoms with Crippen LogP contribution in [-0.2, 0) is 23.5 Å². The van der Waals surface area contributed by atoms with Gasteiger partial charge in [0.1, 0.15) is 0 Å². The van der Waals surface area contributed by atoms with E-state index in [-0.39, 0.29) is 30.9 Å². The first-order valence-corrected chi connectivity index (χ1v) is 21.5. The molecule has 314 valence electrons. The molecule has 0 aliphatic carbocycles. The molecule has 0 radical (unpaired) electrons. The molecular formula is C53H42N6O5. The predicted octanol–water partition coefficient (Wildman–Crippen LogP) is 9.31. The van der Waals surface area contributed by atoms with Crippen LogP contribution in [0.15, 0.2) is 164 Å². The summed E-state index contributed by atoms with van der Waals surface area (Å²) in [5, 5.41) is 35.4. The van der Waals surface area contributed by atoms with Crippen LogP contribution in [0.3, 0.4) is 0 Å². The summed E-state index contributed by atoms with van der Waals surface area (Å²) in [6, 6.07) is 45.9. The van der Waals surface area contributed by atoms with E-state index in [0.29, 0.717) is 52.4 Å². The largest absolute Gasteiger partial charge is 0.395 e. The monoisotopic (exact) mass is 842 g/mol. The fourth-order valence-corrected chi connectivity index (χ4v) is 9.84. The summed E-state index contributed by atoms with van der Waals surface area (Å²) in [4.78, 5) is 47.9. The number of allylic oxidation sites excluding steroid dienone is 1. The molecule has 3 aliphatic heterocycles. The molecule has 2 N–H and O–H groups in total. The van der Waals surface area contributed by atoms with E-state index in [2.05, 4.69) is 10.3 Å². The molecule has 0 bridgehead atoms. The lowest BCUT2D eigenvalue weighted by Crippen LogP contribution is -2.44. The van der Waals surface area contributed by atoms with Crippen LogP contribution in [-0.4, -0.2) is 49.5 Å². The molecular weight excluding hydrogens is 801 g/mol. The summed E-state index contributed by atoms with van der Waals surface area (Å²) in [5.41, 5.74) is 5.33. The number of aryl methyl sites for hydroxylation is 1. The van der Waals surface area contributed by atoms with Crippen molar-refractivity contribution in [2.75, 3.05) is 21.3 Å². The molecule has 11 nitrogen and oxygen atoms in total. The van der Waals surface area contributed by atoms with Crippen molar-refractivity contribution >= 4 is 67.7 Å². The minimum absolute atomic E-state index is 0.101. The van der Waals surface area contributed by atoms with Gasteiger partial charge in [-0.15, -0.1) is 5.10 Å². The Labute approximate surface area is 368 Å². The van der Waals surface area contributed by atoms with Crippen molar-refractivity contribution in [2.24, 2.45) is 5.92 Å². The Hall–Kier alpha value is -7.73. The van der Waals surface area contributed by atoms with Gasteiger partial charge in [-0.3, -0.25) is 28.9 Å². The first-order valence-electron chi connectivity index (χ1n) is 21.5. The molecule has 8 aromatic rings. The van der Waals surface area contributed by atoms with Crippen LogP contribution in [0.5, 0.6) is 0 Å². The van der Waals surface area contributed by atoms with Gasteiger partial charge in [0, 0.05) is 46.4 Å². The van der Waals surface area contributed by atoms with Gasteiger partial charge in [0.15, 0.2) is 5.60 Å². The number of aromatic nitrogens is 3. The van der Waals surface area contributed by atoms with E-state index in [1.165, 1.54) is 0 Å². The standard InChI is InChI=1S/C53H42N6O5/c1-33(12-5-6-27-56-31-44(54-55-56)42(32-60)35-14-3-2-4-15-35)53(64)43-29-39(59-47-24-11-19-37-17-9-22-41(49(37)47)51(59)62)25-26-45(43)57(52(53)63)30-34-13-7-20-38(28-34)58-46-23-10-18-36-16-8-21-40(48(36)46)50(58)61/h2-5,7-26,28-29,31,33,42,60,64H,6,27,30,32H2,1H3/b12-5+/t33-,42?,53+/m0/s1. The highest BCUT2D eigenvalue weighted by atomic mass is 16.3. The van der Waals surface area contributed by atoms with Crippen LogP contribution in [0.1, 0.15) is 62.4 Å². The molecule has 7 aromatic carbocycles. The Balaban J connectivity index is 0.909. The number of rotatable bonds is 12. The van der Waals surface area contributed by atoms with Crippen LogP contribution in [0.2, 0.25) is 0 Å². The summed E-state index contributed by atoms with van der Waals surface area (Å²) in [7, 11) is 0. The third kappa shape index (κ3) is 6.07. The Bertz CT molecular complexity index is 3220. The summed E-state index contributed by atoms with van der Waals surface area (Å²) in [5.74, 6) is -1.78. The van der Waals surface area contributed by atoms with E-state index >= 15 is 0 Å². The SMILES string of the molecule is C[C@@H](/C=C/CCn1cc(C(CO)c2ccccc2)nn1)[C@]1(O)C(=O)N(Cc2cccc(N3C(=O)c4cccc5cccc3c45)c2)c2ccc(N3C(=O)c4cccc5cccc3c45)cc21. The second-order valence-corrected chi connectivity index (χ2v) is 16.7. The second-order valence-electron chi connectivity index (χ2n) is 16.7. The quantitative estimate of drug-likeness (QED) is 0.117. The third-order valence-electron chi connectivity index (χ3n) is 13.0. The summed E-state index contributed by atoms with van der Waals surface area (Å²) in [6.07, 6.45) is 6.15. The van der Waals surface area contributed by atoms with E-state index in [9.17, 15) is 24.6 Å². The number of aliphatic hydroxyl groups excluding tert-OH is 1. The average Bonchev–Trinajstić information content (AvgIpc) is 4.05. The van der Waals surface area contributed by atoms with E-state index < -0.39 is 17.4 Å². The maximum atomic E-state index is 14.9. The zero-order chi connectivity index (χ0) is 43.7. The third-order valence-corrected chi connectivity index (χ3v) is 13.0. The highest BCUT2D eigenvalue weighted by molar-refractivity contribution is 6.29. The van der Waals surface area contributed by atoms with Gasteiger partial charge in [-0.1, -0.05) is 115 Å². The van der Waals surface area contributed by atoms with Crippen molar-refractivity contribution in [1.29, 1.82) is 0 Å². The molecule has 0 saturated carbocycles. The van der Waals surface area contributed by atoms with E-state index in [1.54, 1.807) is 25.4 Å². The number of anilines is 5. The van der Waals surface area contributed by atoms with Crippen LogP contribution in [0, 0.1) is 5.92 Å². The molecule has 1 unspecified atom stereocenters.